The van der Waals surface area contributed by atoms with E-state index < -0.39 is 67.9 Å². The van der Waals surface area contributed by atoms with Crippen LogP contribution in [0.3, 0.4) is 0 Å². The molecule has 2 rings (SSSR count). The lowest BCUT2D eigenvalue weighted by Gasteiger charge is -2.40. The van der Waals surface area contributed by atoms with Gasteiger partial charge in [-0.1, -0.05) is 13.8 Å². The topological polar surface area (TPSA) is 175 Å². The van der Waals surface area contributed by atoms with E-state index in [0.29, 0.717) is 0 Å². The summed E-state index contributed by atoms with van der Waals surface area (Å²) in [5, 5.41) is 58.9. The van der Waals surface area contributed by atoms with E-state index in [9.17, 15) is 30.3 Å². The molecule has 2 saturated heterocycles. The van der Waals surface area contributed by atoms with Crippen molar-refractivity contribution in [1.29, 1.82) is 0 Å². The zero-order chi connectivity index (χ0) is 20.4. The first kappa shape index (κ1) is 22.4. The molecule has 0 aromatic rings. The van der Waals surface area contributed by atoms with Gasteiger partial charge in [-0.3, -0.25) is 4.79 Å². The zero-order valence-electron chi connectivity index (χ0n) is 15.2. The molecule has 0 bridgehead atoms. The van der Waals surface area contributed by atoms with Crippen LogP contribution >= 0.6 is 0 Å². The molecule has 11 heteroatoms. The number of carbonyl (C=O) groups is 1. The van der Waals surface area contributed by atoms with Crippen LogP contribution in [-0.2, 0) is 23.7 Å². The third-order valence-electron chi connectivity index (χ3n) is 4.50. The lowest BCUT2D eigenvalue weighted by atomic mass is 9.99. The van der Waals surface area contributed by atoms with Crippen LogP contribution in [0, 0.1) is 5.92 Å². The maximum atomic E-state index is 11.8. The van der Waals surface area contributed by atoms with Crippen molar-refractivity contribution >= 4 is 5.97 Å². The van der Waals surface area contributed by atoms with Crippen LogP contribution in [-0.4, -0.2) is 105 Å². The number of aliphatic hydroxyl groups excluding tert-OH is 5. The predicted molar refractivity (Wildman–Crippen MR) is 86.0 cm³/mol. The Labute approximate surface area is 156 Å². The minimum Gasteiger partial charge on any atom is -0.433 e. The fourth-order valence-corrected chi connectivity index (χ4v) is 2.79. The average molecular weight is 396 g/mol. The second-order valence-corrected chi connectivity index (χ2v) is 7.32. The summed E-state index contributed by atoms with van der Waals surface area (Å²) in [5.41, 5.74) is -1.87. The van der Waals surface area contributed by atoms with Crippen molar-refractivity contribution in [2.45, 2.75) is 69.0 Å². The van der Waals surface area contributed by atoms with Crippen molar-refractivity contribution in [2.75, 3.05) is 19.8 Å². The maximum Gasteiger partial charge on any atom is 0.308 e. The van der Waals surface area contributed by atoms with E-state index in [4.69, 9.17) is 24.1 Å². The summed E-state index contributed by atoms with van der Waals surface area (Å²) in [4.78, 5) is 11.8. The Morgan fingerprint density at radius 1 is 1.15 bits per heavy atom. The molecule has 0 aromatic carbocycles. The molecule has 2 aliphatic rings. The van der Waals surface area contributed by atoms with E-state index in [0.717, 1.165) is 0 Å². The monoisotopic (exact) mass is 396 g/mol. The molecule has 0 amide bonds. The summed E-state index contributed by atoms with van der Waals surface area (Å²) in [6.45, 7) is 2.09. The summed E-state index contributed by atoms with van der Waals surface area (Å²) in [6, 6.07) is 0. The van der Waals surface area contributed by atoms with Crippen molar-refractivity contribution < 1.29 is 54.4 Å². The highest BCUT2D eigenvalue weighted by atomic mass is 16.7. The molecule has 0 spiro atoms. The fraction of sp³-hybridized carbons (Fsp3) is 0.938. The molecule has 158 valence electrons. The molecule has 0 saturated carbocycles. The molecule has 0 radical (unpaired) electrons. The lowest BCUT2D eigenvalue weighted by molar-refractivity contribution is -0.301. The van der Waals surface area contributed by atoms with Gasteiger partial charge in [-0.25, -0.2) is 0 Å². The number of aliphatic hydroxyl groups is 6. The van der Waals surface area contributed by atoms with Gasteiger partial charge in [-0.05, 0) is 5.92 Å². The summed E-state index contributed by atoms with van der Waals surface area (Å²) in [7, 11) is 0. The molecule has 0 unspecified atom stereocenters. The standard InChI is InChI=1S/C16H28O11/c1-7(2)3-9(18)27-14-12(21)11(20)10(19)8(26-14)4-24-15-13(22)16(23,5-17)6-25-15/h7-8,10-15,17,19-23H,3-6H2,1-2H3/t8-,10-,11+,12-,13+,14+,15-,16-/m1/s1. The molecule has 0 aliphatic carbocycles. The first-order valence-corrected chi connectivity index (χ1v) is 8.72. The van der Waals surface area contributed by atoms with Crippen molar-refractivity contribution in [2.24, 2.45) is 5.92 Å². The van der Waals surface area contributed by atoms with E-state index in [2.05, 4.69) is 0 Å². The summed E-state index contributed by atoms with van der Waals surface area (Å²) < 4.78 is 20.7. The number of ether oxygens (including phenoxy) is 4. The number of esters is 1. The molecule has 2 heterocycles. The van der Waals surface area contributed by atoms with Gasteiger partial charge in [0.05, 0.1) is 19.8 Å². The first-order valence-electron chi connectivity index (χ1n) is 8.72. The van der Waals surface area contributed by atoms with Crippen molar-refractivity contribution in [3.63, 3.8) is 0 Å². The largest absolute Gasteiger partial charge is 0.433 e. The van der Waals surface area contributed by atoms with Crippen LogP contribution in [0.5, 0.6) is 0 Å². The molecular weight excluding hydrogens is 368 g/mol. The lowest BCUT2D eigenvalue weighted by Crippen LogP contribution is -2.60. The summed E-state index contributed by atoms with van der Waals surface area (Å²) in [6.07, 6.45) is -10.4. The third-order valence-corrected chi connectivity index (χ3v) is 4.50. The Kier molecular flexibility index (Phi) is 7.53. The van der Waals surface area contributed by atoms with Crippen LogP contribution in [0.1, 0.15) is 20.3 Å². The van der Waals surface area contributed by atoms with Gasteiger partial charge in [-0.15, -0.1) is 0 Å². The zero-order valence-corrected chi connectivity index (χ0v) is 15.2. The molecule has 2 fully saturated rings. The molecule has 8 atom stereocenters. The Bertz CT molecular complexity index is 501. The SMILES string of the molecule is CC(C)CC(=O)O[C@@H]1O[C@H](CO[C@@H]2OC[C@](O)(CO)[C@H]2O)[C@@H](O)[C@H](O)[C@H]1O. The molecule has 2 aliphatic heterocycles. The van der Waals surface area contributed by atoms with E-state index >= 15 is 0 Å². The molecule has 27 heavy (non-hydrogen) atoms. The van der Waals surface area contributed by atoms with Crippen LogP contribution in [0.2, 0.25) is 0 Å². The molecule has 11 nitrogen and oxygen atoms in total. The highest BCUT2D eigenvalue weighted by Crippen LogP contribution is 2.27. The van der Waals surface area contributed by atoms with Crippen molar-refractivity contribution in [3.8, 4) is 0 Å². The van der Waals surface area contributed by atoms with Crippen molar-refractivity contribution in [3.05, 3.63) is 0 Å². The number of hydrogen-bond donors (Lipinski definition) is 6. The van der Waals surface area contributed by atoms with Crippen LogP contribution in [0.25, 0.3) is 0 Å². The predicted octanol–water partition coefficient (Wildman–Crippen LogP) is -3.16. The van der Waals surface area contributed by atoms with Crippen LogP contribution < -0.4 is 0 Å². The number of rotatable bonds is 7. The average Bonchev–Trinajstić information content (AvgIpc) is 2.89. The maximum absolute atomic E-state index is 11.8. The third kappa shape index (κ3) is 5.13. The highest BCUT2D eigenvalue weighted by Gasteiger charge is 2.50. The smallest absolute Gasteiger partial charge is 0.308 e. The van der Waals surface area contributed by atoms with Gasteiger partial charge in [0.15, 0.2) is 6.29 Å². The molecular formula is C16H28O11. The first-order chi connectivity index (χ1) is 12.6. The van der Waals surface area contributed by atoms with E-state index in [1.807, 2.05) is 0 Å². The second kappa shape index (κ2) is 9.07. The second-order valence-electron chi connectivity index (χ2n) is 7.32. The van der Waals surface area contributed by atoms with Crippen molar-refractivity contribution in [1.82, 2.24) is 0 Å². The van der Waals surface area contributed by atoms with Gasteiger partial charge < -0.3 is 49.6 Å². The summed E-state index contributed by atoms with van der Waals surface area (Å²) in [5.74, 6) is -0.626. The Morgan fingerprint density at radius 2 is 1.81 bits per heavy atom. The van der Waals surface area contributed by atoms with Crippen LogP contribution in [0.4, 0.5) is 0 Å². The Balaban J connectivity index is 1.94. The normalized spacial score (nSPS) is 42.5. The van der Waals surface area contributed by atoms with E-state index in [-0.39, 0.29) is 18.9 Å². The highest BCUT2D eigenvalue weighted by molar-refractivity contribution is 5.69. The van der Waals surface area contributed by atoms with Gasteiger partial charge in [0.1, 0.15) is 36.1 Å². The van der Waals surface area contributed by atoms with Gasteiger partial charge in [0, 0.05) is 6.42 Å². The number of carbonyl (C=O) groups excluding carboxylic acids is 1. The van der Waals surface area contributed by atoms with Crippen LogP contribution in [0.15, 0.2) is 0 Å². The number of hydrogen-bond acceptors (Lipinski definition) is 11. The van der Waals surface area contributed by atoms with Gasteiger partial charge in [0.25, 0.3) is 0 Å². The Hall–Kier alpha value is -0.890. The quantitative estimate of drug-likeness (QED) is 0.240. The van der Waals surface area contributed by atoms with E-state index in [1.54, 1.807) is 13.8 Å². The molecule has 0 aromatic heterocycles. The summed E-state index contributed by atoms with van der Waals surface area (Å²) >= 11 is 0. The minimum atomic E-state index is -1.87. The Morgan fingerprint density at radius 3 is 2.37 bits per heavy atom. The van der Waals surface area contributed by atoms with Gasteiger partial charge >= 0.3 is 5.97 Å². The molecule has 6 N–H and O–H groups in total. The van der Waals surface area contributed by atoms with Gasteiger partial charge in [0.2, 0.25) is 6.29 Å². The minimum absolute atomic E-state index is 0.0131. The van der Waals surface area contributed by atoms with E-state index in [1.165, 1.54) is 0 Å². The fourth-order valence-electron chi connectivity index (χ4n) is 2.79. The van der Waals surface area contributed by atoms with Gasteiger partial charge in [-0.2, -0.15) is 0 Å².